The summed E-state index contributed by atoms with van der Waals surface area (Å²) in [6.07, 6.45) is 5.33. The van der Waals surface area contributed by atoms with Gasteiger partial charge in [0, 0.05) is 21.5 Å². The average Bonchev–Trinajstić information content (AvgIpc) is 3.42. The SMILES string of the molecule is CSc1ccc([C@H](Nc2ccccn2)c2c(NC(=O)c3ccco3)sc(C)c2C)cc1. The van der Waals surface area contributed by atoms with Gasteiger partial charge in [-0.15, -0.1) is 23.1 Å². The number of pyridine rings is 1. The molecule has 0 spiro atoms. The fourth-order valence-electron chi connectivity index (χ4n) is 3.37. The number of thiophene rings is 1. The predicted octanol–water partition coefficient (Wildman–Crippen LogP) is 6.53. The number of nitrogens with zero attached hydrogens (tertiary/aromatic N) is 1. The smallest absolute Gasteiger partial charge is 0.291 e. The zero-order valence-electron chi connectivity index (χ0n) is 17.5. The van der Waals surface area contributed by atoms with E-state index in [9.17, 15) is 4.79 Å². The fourth-order valence-corrected chi connectivity index (χ4v) is 4.87. The van der Waals surface area contributed by atoms with Crippen LogP contribution in [0.5, 0.6) is 0 Å². The van der Waals surface area contributed by atoms with Crippen molar-refractivity contribution in [2.24, 2.45) is 0 Å². The Balaban J connectivity index is 1.77. The lowest BCUT2D eigenvalue weighted by atomic mass is 9.96. The summed E-state index contributed by atoms with van der Waals surface area (Å²) in [7, 11) is 0. The number of hydrogen-bond donors (Lipinski definition) is 2. The lowest BCUT2D eigenvalue weighted by Gasteiger charge is -2.22. The Kier molecular flexibility index (Phi) is 6.44. The van der Waals surface area contributed by atoms with Crippen LogP contribution in [0.25, 0.3) is 0 Å². The van der Waals surface area contributed by atoms with Gasteiger partial charge >= 0.3 is 0 Å². The first-order valence-corrected chi connectivity index (χ1v) is 11.9. The molecule has 0 unspecified atom stereocenters. The van der Waals surface area contributed by atoms with Crippen molar-refractivity contribution in [2.45, 2.75) is 24.8 Å². The highest BCUT2D eigenvalue weighted by atomic mass is 32.2. The van der Waals surface area contributed by atoms with Crippen molar-refractivity contribution in [2.75, 3.05) is 16.9 Å². The van der Waals surface area contributed by atoms with Crippen LogP contribution in [0.15, 0.2) is 76.4 Å². The summed E-state index contributed by atoms with van der Waals surface area (Å²) < 4.78 is 5.28. The number of carbonyl (C=O) groups excluding carboxylic acids is 1. The Morgan fingerprint density at radius 2 is 1.90 bits per heavy atom. The molecular weight excluding hydrogens is 426 g/mol. The third-order valence-electron chi connectivity index (χ3n) is 5.10. The minimum atomic E-state index is -0.262. The number of aromatic nitrogens is 1. The third kappa shape index (κ3) is 4.68. The van der Waals surface area contributed by atoms with Crippen LogP contribution in [0.3, 0.4) is 0 Å². The molecule has 0 bridgehead atoms. The maximum Gasteiger partial charge on any atom is 0.291 e. The van der Waals surface area contributed by atoms with Gasteiger partial charge in [-0.1, -0.05) is 18.2 Å². The molecule has 0 aliphatic carbocycles. The van der Waals surface area contributed by atoms with Crippen LogP contribution >= 0.6 is 23.1 Å². The second-order valence-electron chi connectivity index (χ2n) is 7.02. The second kappa shape index (κ2) is 9.41. The van der Waals surface area contributed by atoms with Gasteiger partial charge in [0.05, 0.1) is 12.3 Å². The van der Waals surface area contributed by atoms with Gasteiger partial charge in [0.15, 0.2) is 5.76 Å². The van der Waals surface area contributed by atoms with E-state index in [4.69, 9.17) is 4.42 Å². The maximum atomic E-state index is 12.7. The van der Waals surface area contributed by atoms with Gasteiger partial charge in [-0.3, -0.25) is 4.79 Å². The zero-order chi connectivity index (χ0) is 21.8. The number of furan rings is 1. The molecule has 0 fully saturated rings. The standard InChI is InChI=1S/C24H23N3O2S2/c1-15-16(2)31-24(27-23(28)19-7-6-14-29-19)21(15)22(26-20-8-4-5-13-25-20)17-9-11-18(30-3)12-10-17/h4-14,22H,1-3H3,(H,25,26)(H,27,28)/t22-/m0/s1. The molecule has 0 radical (unpaired) electrons. The van der Waals surface area contributed by atoms with Gasteiger partial charge in [-0.05, 0) is 67.6 Å². The molecule has 1 atom stereocenters. The molecular formula is C24H23N3O2S2. The first-order valence-electron chi connectivity index (χ1n) is 9.83. The van der Waals surface area contributed by atoms with Crippen LogP contribution in [0, 0.1) is 13.8 Å². The highest BCUT2D eigenvalue weighted by molar-refractivity contribution is 7.98. The van der Waals surface area contributed by atoms with E-state index in [0.29, 0.717) is 0 Å². The number of aryl methyl sites for hydroxylation is 1. The van der Waals surface area contributed by atoms with Crippen molar-refractivity contribution in [3.05, 3.63) is 94.4 Å². The summed E-state index contributed by atoms with van der Waals surface area (Å²) >= 11 is 3.28. The largest absolute Gasteiger partial charge is 0.459 e. The van der Waals surface area contributed by atoms with Crippen molar-refractivity contribution in [1.29, 1.82) is 0 Å². The molecule has 0 saturated carbocycles. The Labute approximate surface area is 189 Å². The number of nitrogens with one attached hydrogen (secondary N) is 2. The molecule has 2 N–H and O–H groups in total. The number of benzene rings is 1. The van der Waals surface area contributed by atoms with Crippen molar-refractivity contribution in [3.8, 4) is 0 Å². The Hall–Kier alpha value is -3.03. The van der Waals surface area contributed by atoms with Gasteiger partial charge in [0.1, 0.15) is 10.8 Å². The molecule has 3 aromatic heterocycles. The van der Waals surface area contributed by atoms with E-state index in [1.54, 1.807) is 41.4 Å². The van der Waals surface area contributed by atoms with Gasteiger partial charge < -0.3 is 15.1 Å². The Bertz CT molecular complexity index is 1150. The summed E-state index contributed by atoms with van der Waals surface area (Å²) in [5, 5.41) is 7.42. The van der Waals surface area contributed by atoms with Gasteiger partial charge in [-0.25, -0.2) is 4.98 Å². The average molecular weight is 450 g/mol. The highest BCUT2D eigenvalue weighted by Crippen LogP contribution is 2.41. The van der Waals surface area contributed by atoms with Gasteiger partial charge in [0.2, 0.25) is 0 Å². The Morgan fingerprint density at radius 3 is 2.55 bits per heavy atom. The van der Waals surface area contributed by atoms with Crippen LogP contribution in [0.1, 0.15) is 38.2 Å². The Morgan fingerprint density at radius 1 is 1.10 bits per heavy atom. The van der Waals surface area contributed by atoms with Crippen molar-refractivity contribution < 1.29 is 9.21 Å². The molecule has 4 rings (SSSR count). The van der Waals surface area contributed by atoms with Crippen LogP contribution in [-0.4, -0.2) is 17.1 Å². The first kappa shape index (κ1) is 21.2. The number of hydrogen-bond acceptors (Lipinski definition) is 6. The second-order valence-corrected chi connectivity index (χ2v) is 9.13. The summed E-state index contributed by atoms with van der Waals surface area (Å²) in [6.45, 7) is 4.16. The summed E-state index contributed by atoms with van der Waals surface area (Å²) in [5.41, 5.74) is 3.27. The number of carbonyl (C=O) groups is 1. The predicted molar refractivity (Wildman–Crippen MR) is 128 cm³/mol. The van der Waals surface area contributed by atoms with E-state index in [2.05, 4.69) is 60.0 Å². The molecule has 158 valence electrons. The maximum absolute atomic E-state index is 12.7. The third-order valence-corrected chi connectivity index (χ3v) is 6.98. The molecule has 31 heavy (non-hydrogen) atoms. The van der Waals surface area contributed by atoms with Crippen molar-refractivity contribution in [1.82, 2.24) is 4.98 Å². The van der Waals surface area contributed by atoms with E-state index in [1.165, 1.54) is 11.2 Å². The molecule has 4 aromatic rings. The zero-order valence-corrected chi connectivity index (χ0v) is 19.1. The molecule has 3 heterocycles. The molecule has 0 aliphatic rings. The number of anilines is 2. The van der Waals surface area contributed by atoms with E-state index < -0.39 is 0 Å². The van der Waals surface area contributed by atoms with E-state index in [-0.39, 0.29) is 17.7 Å². The molecule has 0 aliphatic heterocycles. The van der Waals surface area contributed by atoms with E-state index in [0.717, 1.165) is 32.4 Å². The van der Waals surface area contributed by atoms with Crippen LogP contribution in [0.4, 0.5) is 10.8 Å². The summed E-state index contributed by atoms with van der Waals surface area (Å²) in [5.74, 6) is 0.794. The molecule has 5 nitrogen and oxygen atoms in total. The lowest BCUT2D eigenvalue weighted by Crippen LogP contribution is -2.17. The van der Waals surface area contributed by atoms with Crippen LogP contribution < -0.4 is 10.6 Å². The van der Waals surface area contributed by atoms with Crippen LogP contribution in [-0.2, 0) is 0 Å². The number of rotatable bonds is 7. The van der Waals surface area contributed by atoms with Crippen molar-refractivity contribution in [3.63, 3.8) is 0 Å². The number of thioether (sulfide) groups is 1. The quantitative estimate of drug-likeness (QED) is 0.314. The lowest BCUT2D eigenvalue weighted by molar-refractivity contribution is 0.0997. The minimum Gasteiger partial charge on any atom is -0.459 e. The van der Waals surface area contributed by atoms with Crippen LogP contribution in [0.2, 0.25) is 0 Å². The molecule has 7 heteroatoms. The topological polar surface area (TPSA) is 67.2 Å². The van der Waals surface area contributed by atoms with Gasteiger partial charge in [0.25, 0.3) is 5.91 Å². The normalized spacial score (nSPS) is 11.8. The fraction of sp³-hybridized carbons (Fsp3) is 0.167. The molecule has 1 amide bonds. The van der Waals surface area contributed by atoms with E-state index >= 15 is 0 Å². The highest BCUT2D eigenvalue weighted by Gasteiger charge is 2.25. The van der Waals surface area contributed by atoms with Gasteiger partial charge in [-0.2, -0.15) is 0 Å². The minimum absolute atomic E-state index is 0.178. The summed E-state index contributed by atoms with van der Waals surface area (Å²) in [6, 6.07) is 17.4. The molecule has 0 saturated heterocycles. The monoisotopic (exact) mass is 449 g/mol. The number of amides is 1. The molecule has 1 aromatic carbocycles. The first-order chi connectivity index (χ1) is 15.1. The van der Waals surface area contributed by atoms with E-state index in [1.807, 2.05) is 18.2 Å². The van der Waals surface area contributed by atoms with Crippen molar-refractivity contribution >= 4 is 39.8 Å². The summed E-state index contributed by atoms with van der Waals surface area (Å²) in [4.78, 5) is 19.5.